The predicted octanol–water partition coefficient (Wildman–Crippen LogP) is 4.65. The van der Waals surface area contributed by atoms with Crippen LogP contribution in [0.15, 0.2) is 64.2 Å². The first kappa shape index (κ1) is 26.4. The zero-order valence-corrected chi connectivity index (χ0v) is 21.3. The number of anilines is 1. The summed E-state index contributed by atoms with van der Waals surface area (Å²) in [4.78, 5) is 34.8. The van der Waals surface area contributed by atoms with Crippen molar-refractivity contribution in [3.8, 4) is 11.5 Å². The van der Waals surface area contributed by atoms with E-state index in [-0.39, 0.29) is 12.3 Å². The second-order valence-electron chi connectivity index (χ2n) is 7.68. The number of carbonyl (C=O) groups is 2. The van der Waals surface area contributed by atoms with E-state index in [1.165, 1.54) is 25.5 Å². The van der Waals surface area contributed by atoms with Crippen molar-refractivity contribution in [2.45, 2.75) is 20.5 Å². The molecule has 0 aliphatic heterocycles. The summed E-state index contributed by atoms with van der Waals surface area (Å²) in [7, 11) is 1.52. The van der Waals surface area contributed by atoms with E-state index in [0.29, 0.717) is 33.9 Å². The number of halogens is 1. The fraction of sp³-hybridized carbons (Fsp3) is 0.160. The lowest BCUT2D eigenvalue weighted by Gasteiger charge is -2.11. The van der Waals surface area contributed by atoms with Gasteiger partial charge in [-0.3, -0.25) is 19.7 Å². The number of methoxy groups -OCH3 is 1. The van der Waals surface area contributed by atoms with Gasteiger partial charge in [-0.15, -0.1) is 0 Å². The van der Waals surface area contributed by atoms with Crippen molar-refractivity contribution in [3.63, 3.8) is 0 Å². The van der Waals surface area contributed by atoms with Crippen LogP contribution in [0.5, 0.6) is 11.5 Å². The molecule has 0 aliphatic carbocycles. The van der Waals surface area contributed by atoms with E-state index < -0.39 is 16.7 Å². The van der Waals surface area contributed by atoms with Crippen LogP contribution in [0.25, 0.3) is 0 Å². The molecule has 10 nitrogen and oxygen atoms in total. The van der Waals surface area contributed by atoms with Crippen molar-refractivity contribution in [2.75, 3.05) is 12.4 Å². The largest absolute Gasteiger partial charge is 0.496 e. The molecule has 0 atom stereocenters. The third kappa shape index (κ3) is 6.89. The Morgan fingerprint density at radius 1 is 1.06 bits per heavy atom. The van der Waals surface area contributed by atoms with Crippen LogP contribution in [-0.4, -0.2) is 30.1 Å². The highest BCUT2D eigenvalue weighted by Crippen LogP contribution is 2.26. The highest BCUT2D eigenvalue weighted by Gasteiger charge is 2.14. The minimum Gasteiger partial charge on any atom is -0.496 e. The van der Waals surface area contributed by atoms with Crippen molar-refractivity contribution < 1.29 is 24.0 Å². The van der Waals surface area contributed by atoms with Crippen LogP contribution in [0.2, 0.25) is 0 Å². The first-order valence-electron chi connectivity index (χ1n) is 10.6. The number of amides is 2. The summed E-state index contributed by atoms with van der Waals surface area (Å²) < 4.78 is 12.0. The molecule has 3 aromatic rings. The Kier molecular flexibility index (Phi) is 8.74. The van der Waals surface area contributed by atoms with Crippen LogP contribution in [-0.2, 0) is 16.2 Å². The summed E-state index contributed by atoms with van der Waals surface area (Å²) in [5.41, 5.74) is 5.33. The smallest absolute Gasteiger partial charge is 0.329 e. The van der Waals surface area contributed by atoms with Gasteiger partial charge in [-0.1, -0.05) is 15.9 Å². The SMILES string of the molecule is COc1ccc(/C=N/NC(=O)C(=O)Nc2ccc(Br)cc2C)cc1COc1ccc([N+](=O)[O-])c(C)c1. The molecule has 3 rings (SSSR count). The van der Waals surface area contributed by atoms with Crippen LogP contribution in [0.3, 0.4) is 0 Å². The van der Waals surface area contributed by atoms with E-state index in [2.05, 4.69) is 31.8 Å². The maximum atomic E-state index is 12.2. The van der Waals surface area contributed by atoms with Crippen LogP contribution in [0.1, 0.15) is 22.3 Å². The van der Waals surface area contributed by atoms with Crippen LogP contribution >= 0.6 is 15.9 Å². The van der Waals surface area contributed by atoms with E-state index in [1.54, 1.807) is 43.3 Å². The Morgan fingerprint density at radius 2 is 1.83 bits per heavy atom. The molecule has 0 unspecified atom stereocenters. The number of nitro groups is 1. The predicted molar refractivity (Wildman–Crippen MR) is 138 cm³/mol. The molecule has 2 amide bonds. The number of nitrogens with zero attached hydrogens (tertiary/aromatic N) is 2. The third-order valence-corrected chi connectivity index (χ3v) is 5.58. The number of rotatable bonds is 8. The standard InChI is InChI=1S/C25H23BrN4O6/c1-15-10-19(26)5-7-21(15)28-24(31)25(32)29-27-13-17-4-9-23(35-3)18(12-17)14-36-20-6-8-22(30(33)34)16(2)11-20/h4-13H,14H2,1-3H3,(H,28,31)(H,29,32)/b27-13+. The number of carbonyl (C=O) groups excluding carboxylic acids is 2. The van der Waals surface area contributed by atoms with E-state index >= 15 is 0 Å². The lowest BCUT2D eigenvalue weighted by atomic mass is 10.1. The molecule has 186 valence electrons. The Hall–Kier alpha value is -4.25. The van der Waals surface area contributed by atoms with Crippen molar-refractivity contribution in [1.29, 1.82) is 0 Å². The normalized spacial score (nSPS) is 10.7. The molecule has 0 heterocycles. The fourth-order valence-corrected chi connectivity index (χ4v) is 3.71. The number of benzene rings is 3. The van der Waals surface area contributed by atoms with Crippen molar-refractivity contribution in [2.24, 2.45) is 5.10 Å². The molecule has 11 heteroatoms. The Balaban J connectivity index is 1.62. The molecule has 2 N–H and O–H groups in total. The highest BCUT2D eigenvalue weighted by atomic mass is 79.9. The van der Waals surface area contributed by atoms with Gasteiger partial charge in [-0.05, 0) is 73.5 Å². The summed E-state index contributed by atoms with van der Waals surface area (Å²) in [5, 5.41) is 17.4. The Morgan fingerprint density at radius 3 is 2.50 bits per heavy atom. The first-order chi connectivity index (χ1) is 17.2. The molecule has 0 fully saturated rings. The lowest BCUT2D eigenvalue weighted by molar-refractivity contribution is -0.385. The van der Waals surface area contributed by atoms with Gasteiger partial charge in [0.25, 0.3) is 5.69 Å². The van der Waals surface area contributed by atoms with Gasteiger partial charge >= 0.3 is 11.8 Å². The van der Waals surface area contributed by atoms with Gasteiger partial charge in [-0.25, -0.2) is 5.43 Å². The Labute approximate surface area is 215 Å². The second-order valence-corrected chi connectivity index (χ2v) is 8.59. The second kappa shape index (κ2) is 11.9. The number of nitrogens with one attached hydrogen (secondary N) is 2. The van der Waals surface area contributed by atoms with E-state index in [4.69, 9.17) is 9.47 Å². The topological polar surface area (TPSA) is 132 Å². The van der Waals surface area contributed by atoms with Gasteiger partial charge in [0.1, 0.15) is 18.1 Å². The zero-order valence-electron chi connectivity index (χ0n) is 19.7. The molecule has 0 spiro atoms. The summed E-state index contributed by atoms with van der Waals surface area (Å²) >= 11 is 3.34. The van der Waals surface area contributed by atoms with E-state index in [1.807, 2.05) is 13.0 Å². The van der Waals surface area contributed by atoms with Crippen molar-refractivity contribution in [3.05, 3.63) is 91.4 Å². The number of hydrogen-bond donors (Lipinski definition) is 2. The number of hydrazone groups is 1. The molecule has 36 heavy (non-hydrogen) atoms. The van der Waals surface area contributed by atoms with Crippen molar-refractivity contribution in [1.82, 2.24) is 5.43 Å². The maximum Gasteiger partial charge on any atom is 0.329 e. The minimum absolute atomic E-state index is 0.0147. The summed E-state index contributed by atoms with van der Waals surface area (Å²) in [5.74, 6) is -0.725. The quantitative estimate of drug-likeness (QED) is 0.180. The monoisotopic (exact) mass is 554 g/mol. The van der Waals surface area contributed by atoms with Crippen LogP contribution < -0.4 is 20.2 Å². The molecule has 0 aliphatic rings. The van der Waals surface area contributed by atoms with E-state index in [9.17, 15) is 19.7 Å². The third-order valence-electron chi connectivity index (χ3n) is 5.09. The van der Waals surface area contributed by atoms with Gasteiger partial charge < -0.3 is 14.8 Å². The molecule has 0 saturated heterocycles. The number of ether oxygens (including phenoxy) is 2. The maximum absolute atomic E-state index is 12.2. The van der Waals surface area contributed by atoms with Gasteiger partial charge in [0.15, 0.2) is 0 Å². The fourth-order valence-electron chi connectivity index (χ4n) is 3.24. The number of hydrogen-bond acceptors (Lipinski definition) is 7. The van der Waals surface area contributed by atoms with Gasteiger partial charge in [-0.2, -0.15) is 5.10 Å². The first-order valence-corrected chi connectivity index (χ1v) is 11.4. The van der Waals surface area contributed by atoms with Crippen LogP contribution in [0.4, 0.5) is 11.4 Å². The van der Waals surface area contributed by atoms with E-state index in [0.717, 1.165) is 10.0 Å². The minimum atomic E-state index is -0.917. The van der Waals surface area contributed by atoms with Crippen LogP contribution in [0, 0.1) is 24.0 Å². The molecule has 0 bridgehead atoms. The van der Waals surface area contributed by atoms with Gasteiger partial charge in [0.05, 0.1) is 18.2 Å². The number of nitro benzene ring substituents is 1. The molecule has 0 saturated carbocycles. The molecule has 0 aromatic heterocycles. The molecule has 3 aromatic carbocycles. The summed E-state index contributed by atoms with van der Waals surface area (Å²) in [6, 6.07) is 15.0. The summed E-state index contributed by atoms with van der Waals surface area (Å²) in [6.07, 6.45) is 1.38. The van der Waals surface area contributed by atoms with Gasteiger partial charge in [0.2, 0.25) is 0 Å². The highest BCUT2D eigenvalue weighted by molar-refractivity contribution is 9.10. The van der Waals surface area contributed by atoms with Crippen molar-refractivity contribution >= 4 is 45.3 Å². The average molecular weight is 555 g/mol. The average Bonchev–Trinajstić information content (AvgIpc) is 2.84. The summed E-state index contributed by atoms with van der Waals surface area (Å²) in [6.45, 7) is 3.57. The van der Waals surface area contributed by atoms with Gasteiger partial charge in [0, 0.05) is 27.4 Å². The zero-order chi connectivity index (χ0) is 26.2. The molecular formula is C25H23BrN4O6. The number of aryl methyl sites for hydroxylation is 2. The lowest BCUT2D eigenvalue weighted by Crippen LogP contribution is -2.32. The Bertz CT molecular complexity index is 1340. The molecular weight excluding hydrogens is 532 g/mol. The molecule has 0 radical (unpaired) electrons.